The minimum atomic E-state index is -3.44. The van der Waals surface area contributed by atoms with Crippen LogP contribution in [0.1, 0.15) is 55.8 Å². The van der Waals surface area contributed by atoms with Crippen molar-refractivity contribution in [1.29, 1.82) is 0 Å². The van der Waals surface area contributed by atoms with Gasteiger partial charge in [0.1, 0.15) is 0 Å². The molecule has 1 atom stereocenters. The Labute approximate surface area is 181 Å². The molecule has 0 unspecified atom stereocenters. The second-order valence-electron chi connectivity index (χ2n) is 8.39. The number of benzene rings is 2. The molecule has 0 radical (unpaired) electrons. The molecule has 0 fully saturated rings. The molecule has 2 rings (SSSR count). The molecule has 0 aliphatic heterocycles. The van der Waals surface area contributed by atoms with E-state index >= 15 is 0 Å². The quantitative estimate of drug-likeness (QED) is 0.591. The number of hydrogen-bond donors (Lipinski definition) is 1. The fourth-order valence-corrected chi connectivity index (χ4v) is 4.55. The molecule has 164 valence electrons. The molecule has 30 heavy (non-hydrogen) atoms. The normalized spacial score (nSPS) is 12.6. The largest absolute Gasteiger partial charge is 0.349 e. The van der Waals surface area contributed by atoms with Crippen molar-refractivity contribution in [2.24, 2.45) is 5.92 Å². The summed E-state index contributed by atoms with van der Waals surface area (Å²) in [5.74, 6) is 0.388. The molecule has 0 spiro atoms. The molecular weight excluding hydrogens is 396 g/mol. The van der Waals surface area contributed by atoms with E-state index in [1.165, 1.54) is 10.6 Å². The van der Waals surface area contributed by atoms with Crippen molar-refractivity contribution in [3.05, 3.63) is 65.2 Å². The summed E-state index contributed by atoms with van der Waals surface area (Å²) in [7, 11) is -3.44. The second-order valence-corrected chi connectivity index (χ2v) is 10.3. The number of carbonyl (C=O) groups is 1. The maximum Gasteiger partial charge on any atom is 0.232 e. The van der Waals surface area contributed by atoms with Gasteiger partial charge in [-0.1, -0.05) is 56.3 Å². The van der Waals surface area contributed by atoms with E-state index in [9.17, 15) is 13.2 Å². The van der Waals surface area contributed by atoms with E-state index in [0.29, 0.717) is 18.0 Å². The van der Waals surface area contributed by atoms with Crippen LogP contribution < -0.4 is 9.62 Å². The molecule has 0 aliphatic carbocycles. The second kappa shape index (κ2) is 10.6. The van der Waals surface area contributed by atoms with E-state index in [1.807, 2.05) is 62.4 Å². The van der Waals surface area contributed by atoms with Crippen LogP contribution in [0.2, 0.25) is 0 Å². The highest BCUT2D eigenvalue weighted by atomic mass is 32.2. The first-order valence-electron chi connectivity index (χ1n) is 10.5. The number of aryl methyl sites for hydroxylation is 2. The van der Waals surface area contributed by atoms with Crippen molar-refractivity contribution in [3.63, 3.8) is 0 Å². The van der Waals surface area contributed by atoms with Crippen LogP contribution >= 0.6 is 0 Å². The van der Waals surface area contributed by atoms with Crippen LogP contribution in [0.25, 0.3) is 0 Å². The Kier molecular flexibility index (Phi) is 8.47. The lowest BCUT2D eigenvalue weighted by molar-refractivity contribution is -0.122. The fourth-order valence-electron chi connectivity index (χ4n) is 3.54. The third-order valence-electron chi connectivity index (χ3n) is 5.04. The standard InChI is InChI=1S/C24H34N2O3S/c1-18(2)16-22(21-10-7-6-8-11-21)25-24(27)12-9-15-26(30(5,28)29)23-17-19(3)13-14-20(23)4/h6-8,10-11,13-14,17-18,22H,9,12,15-16H2,1-5H3,(H,25,27)/t22-/m0/s1. The summed E-state index contributed by atoms with van der Waals surface area (Å²) < 4.78 is 26.2. The van der Waals surface area contributed by atoms with E-state index in [0.717, 1.165) is 23.1 Å². The Bertz CT molecular complexity index is 940. The van der Waals surface area contributed by atoms with Gasteiger partial charge in [-0.15, -0.1) is 0 Å². The van der Waals surface area contributed by atoms with Gasteiger partial charge < -0.3 is 5.32 Å². The first kappa shape index (κ1) is 23.9. The molecule has 0 aromatic heterocycles. The molecule has 0 saturated heterocycles. The monoisotopic (exact) mass is 430 g/mol. The van der Waals surface area contributed by atoms with Gasteiger partial charge in [-0.2, -0.15) is 0 Å². The summed E-state index contributed by atoms with van der Waals surface area (Å²) in [5.41, 5.74) is 3.67. The number of anilines is 1. The Morgan fingerprint density at radius 3 is 2.33 bits per heavy atom. The highest BCUT2D eigenvalue weighted by Crippen LogP contribution is 2.25. The van der Waals surface area contributed by atoms with Crippen LogP contribution in [0.5, 0.6) is 0 Å². The molecule has 5 nitrogen and oxygen atoms in total. The lowest BCUT2D eigenvalue weighted by Gasteiger charge is -2.25. The number of sulfonamides is 1. The third kappa shape index (κ3) is 7.17. The third-order valence-corrected chi connectivity index (χ3v) is 6.22. The van der Waals surface area contributed by atoms with E-state index in [2.05, 4.69) is 19.2 Å². The maximum absolute atomic E-state index is 12.6. The minimum absolute atomic E-state index is 0.0382. The summed E-state index contributed by atoms with van der Waals surface area (Å²) in [4.78, 5) is 12.6. The number of amides is 1. The summed E-state index contributed by atoms with van der Waals surface area (Å²) in [6, 6.07) is 15.7. The molecule has 6 heteroatoms. The smallest absolute Gasteiger partial charge is 0.232 e. The van der Waals surface area contributed by atoms with Gasteiger partial charge in [0.05, 0.1) is 18.0 Å². The molecule has 0 aliphatic rings. The zero-order chi connectivity index (χ0) is 22.3. The van der Waals surface area contributed by atoms with Crippen LogP contribution in [0.3, 0.4) is 0 Å². The Hall–Kier alpha value is -2.34. The molecule has 1 amide bonds. The maximum atomic E-state index is 12.6. The van der Waals surface area contributed by atoms with E-state index < -0.39 is 10.0 Å². The van der Waals surface area contributed by atoms with E-state index in [1.54, 1.807) is 0 Å². The van der Waals surface area contributed by atoms with Crippen molar-refractivity contribution in [1.82, 2.24) is 5.32 Å². The molecule has 0 saturated carbocycles. The Balaban J connectivity index is 2.03. The van der Waals surface area contributed by atoms with Crippen molar-refractivity contribution >= 4 is 21.6 Å². The van der Waals surface area contributed by atoms with Crippen molar-refractivity contribution < 1.29 is 13.2 Å². The predicted octanol–water partition coefficient (Wildman–Crippen LogP) is 4.75. The lowest BCUT2D eigenvalue weighted by Crippen LogP contribution is -2.33. The summed E-state index contributed by atoms with van der Waals surface area (Å²) in [6.07, 6.45) is 2.80. The van der Waals surface area contributed by atoms with Crippen LogP contribution in [-0.4, -0.2) is 27.1 Å². The molecule has 0 heterocycles. The highest BCUT2D eigenvalue weighted by molar-refractivity contribution is 7.92. The van der Waals surface area contributed by atoms with Gasteiger partial charge in [0.15, 0.2) is 0 Å². The van der Waals surface area contributed by atoms with E-state index in [-0.39, 0.29) is 24.9 Å². The zero-order valence-electron chi connectivity index (χ0n) is 18.7. The molecule has 1 N–H and O–H groups in total. The van der Waals surface area contributed by atoms with Gasteiger partial charge in [-0.25, -0.2) is 8.42 Å². The Morgan fingerprint density at radius 1 is 1.07 bits per heavy atom. The minimum Gasteiger partial charge on any atom is -0.349 e. The average molecular weight is 431 g/mol. The number of rotatable bonds is 10. The number of carbonyl (C=O) groups excluding carboxylic acids is 1. The molecule has 0 bridgehead atoms. The number of nitrogens with zero attached hydrogens (tertiary/aromatic N) is 1. The van der Waals surface area contributed by atoms with Crippen molar-refractivity contribution in [3.8, 4) is 0 Å². The van der Waals surface area contributed by atoms with Crippen LogP contribution in [0.15, 0.2) is 48.5 Å². The van der Waals surface area contributed by atoms with Gasteiger partial charge in [-0.3, -0.25) is 9.10 Å². The summed E-state index contributed by atoms with van der Waals surface area (Å²) >= 11 is 0. The topological polar surface area (TPSA) is 66.5 Å². The summed E-state index contributed by atoms with van der Waals surface area (Å²) in [6.45, 7) is 8.38. The van der Waals surface area contributed by atoms with Crippen molar-refractivity contribution in [2.75, 3.05) is 17.1 Å². The fraction of sp³-hybridized carbons (Fsp3) is 0.458. The summed E-state index contributed by atoms with van der Waals surface area (Å²) in [5, 5.41) is 3.13. The number of hydrogen-bond acceptors (Lipinski definition) is 3. The van der Waals surface area contributed by atoms with Gasteiger partial charge in [0.2, 0.25) is 15.9 Å². The first-order valence-corrected chi connectivity index (χ1v) is 12.3. The first-order chi connectivity index (χ1) is 14.1. The molecule has 2 aromatic rings. The van der Waals surface area contributed by atoms with Gasteiger partial charge in [0.25, 0.3) is 0 Å². The van der Waals surface area contributed by atoms with E-state index in [4.69, 9.17) is 0 Å². The van der Waals surface area contributed by atoms with Crippen LogP contribution in [0.4, 0.5) is 5.69 Å². The number of nitrogens with one attached hydrogen (secondary N) is 1. The van der Waals surface area contributed by atoms with Gasteiger partial charge in [0, 0.05) is 13.0 Å². The predicted molar refractivity (Wildman–Crippen MR) is 124 cm³/mol. The van der Waals surface area contributed by atoms with Gasteiger partial charge in [-0.05, 0) is 55.4 Å². The van der Waals surface area contributed by atoms with Crippen molar-refractivity contribution in [2.45, 2.75) is 53.0 Å². The molecular formula is C24H34N2O3S. The van der Waals surface area contributed by atoms with Gasteiger partial charge >= 0.3 is 0 Å². The highest BCUT2D eigenvalue weighted by Gasteiger charge is 2.20. The van der Waals surface area contributed by atoms with Crippen LogP contribution in [-0.2, 0) is 14.8 Å². The zero-order valence-corrected chi connectivity index (χ0v) is 19.5. The average Bonchev–Trinajstić information content (AvgIpc) is 2.66. The Morgan fingerprint density at radius 2 is 1.73 bits per heavy atom. The SMILES string of the molecule is Cc1ccc(C)c(N(CCCC(=O)N[C@@H](CC(C)C)c2ccccc2)S(C)(=O)=O)c1. The van der Waals surface area contributed by atoms with Crippen LogP contribution in [0, 0.1) is 19.8 Å². The lowest BCUT2D eigenvalue weighted by atomic mass is 9.97. The molecule has 2 aromatic carbocycles.